The van der Waals surface area contributed by atoms with Crippen molar-refractivity contribution in [2.24, 2.45) is 0 Å². The molecule has 0 spiro atoms. The zero-order valence-corrected chi connectivity index (χ0v) is 18.4. The van der Waals surface area contributed by atoms with Crippen molar-refractivity contribution in [1.82, 2.24) is 0 Å². The van der Waals surface area contributed by atoms with Crippen LogP contribution in [0.25, 0.3) is 0 Å². The van der Waals surface area contributed by atoms with E-state index in [2.05, 4.69) is 87.4 Å². The van der Waals surface area contributed by atoms with Gasteiger partial charge in [0.2, 0.25) is 0 Å². The highest BCUT2D eigenvalue weighted by Gasteiger charge is 2.52. The number of hydrogen-bond acceptors (Lipinski definition) is 0. The van der Waals surface area contributed by atoms with E-state index in [9.17, 15) is 0 Å². The van der Waals surface area contributed by atoms with Gasteiger partial charge in [0.15, 0.2) is 0 Å². The van der Waals surface area contributed by atoms with Crippen LogP contribution in [0, 0.1) is 5.62 Å². The largest absolute Gasteiger partial charge is 0.304 e. The molecular formula is C21H36ClP. The van der Waals surface area contributed by atoms with Crippen molar-refractivity contribution in [2.45, 2.75) is 91.4 Å². The van der Waals surface area contributed by atoms with E-state index in [1.807, 2.05) is 5.62 Å². The second-order valence-corrected chi connectivity index (χ2v) is 14.8. The van der Waals surface area contributed by atoms with Crippen LogP contribution in [0.2, 0.25) is 0 Å². The van der Waals surface area contributed by atoms with Crippen molar-refractivity contribution in [3.63, 3.8) is 0 Å². The summed E-state index contributed by atoms with van der Waals surface area (Å²) in [5.41, 5.74) is 4.90. The fraction of sp³-hybridized carbons (Fsp3) is 0.667. The van der Waals surface area contributed by atoms with Gasteiger partial charge in [-0.1, -0.05) is 46.6 Å². The van der Waals surface area contributed by atoms with Crippen molar-refractivity contribution in [1.29, 1.82) is 0 Å². The third kappa shape index (κ3) is 3.96. The van der Waals surface area contributed by atoms with Gasteiger partial charge in [0, 0.05) is 0 Å². The molecule has 0 radical (unpaired) electrons. The highest BCUT2D eigenvalue weighted by molar-refractivity contribution is 7.88. The van der Waals surface area contributed by atoms with E-state index >= 15 is 0 Å². The summed E-state index contributed by atoms with van der Waals surface area (Å²) in [7, 11) is -1.69. The van der Waals surface area contributed by atoms with E-state index in [1.54, 1.807) is 0 Å². The second-order valence-electron chi connectivity index (χ2n) is 9.33. The fourth-order valence-electron chi connectivity index (χ4n) is 3.66. The number of halogens is 1. The van der Waals surface area contributed by atoms with Crippen LogP contribution in [-0.2, 0) is 0 Å². The summed E-state index contributed by atoms with van der Waals surface area (Å²) >= 11 is 6.62. The van der Waals surface area contributed by atoms with Gasteiger partial charge in [-0.05, 0) is 76.6 Å². The summed E-state index contributed by atoms with van der Waals surface area (Å²) in [5.74, 6) is 1.06. The summed E-state index contributed by atoms with van der Waals surface area (Å²) in [6, 6.07) is 7.24. The fourth-order valence-corrected chi connectivity index (χ4v) is 10.7. The van der Waals surface area contributed by atoms with E-state index in [0.29, 0.717) is 11.8 Å². The summed E-state index contributed by atoms with van der Waals surface area (Å²) in [6.07, 6.45) is 0. The molecule has 0 bridgehead atoms. The maximum atomic E-state index is 6.62. The Morgan fingerprint density at radius 2 is 1.13 bits per heavy atom. The summed E-state index contributed by atoms with van der Waals surface area (Å²) in [5, 5.41) is 1.73. The average Bonchev–Trinajstić information content (AvgIpc) is 2.36. The van der Waals surface area contributed by atoms with Gasteiger partial charge < -0.3 is 11.6 Å². The molecule has 0 saturated carbocycles. The Labute approximate surface area is 150 Å². The summed E-state index contributed by atoms with van der Waals surface area (Å²) in [4.78, 5) is 0. The molecule has 2 heteroatoms. The Kier molecular flexibility index (Phi) is 6.43. The second kappa shape index (κ2) is 7.05. The molecule has 0 saturated heterocycles. The Hall–Kier alpha value is -0.0600. The van der Waals surface area contributed by atoms with Crippen LogP contribution in [-0.4, -0.2) is 10.3 Å². The quantitative estimate of drug-likeness (QED) is 0.387. The monoisotopic (exact) mass is 354 g/mol. The molecule has 0 nitrogen and oxygen atoms in total. The average molecular weight is 355 g/mol. The summed E-state index contributed by atoms with van der Waals surface area (Å²) < 4.78 is 0. The predicted octanol–water partition coefficient (Wildman–Crippen LogP) is 7.53. The maximum absolute atomic E-state index is 6.62. The topological polar surface area (TPSA) is 0 Å². The van der Waals surface area contributed by atoms with Crippen LogP contribution in [0.3, 0.4) is 0 Å². The van der Waals surface area contributed by atoms with E-state index < -0.39 is 7.26 Å². The Morgan fingerprint density at radius 1 is 0.783 bits per heavy atom. The molecule has 1 rings (SSSR count). The normalized spacial score (nSPS) is 14.0. The van der Waals surface area contributed by atoms with Gasteiger partial charge in [-0.15, -0.1) is 0 Å². The highest BCUT2D eigenvalue weighted by atomic mass is 35.5. The number of rotatable bonds is 4. The first-order valence-electron chi connectivity index (χ1n) is 8.77. The lowest BCUT2D eigenvalue weighted by Gasteiger charge is -2.53. The van der Waals surface area contributed by atoms with Gasteiger partial charge in [0.05, 0.1) is 15.6 Å². The lowest BCUT2D eigenvalue weighted by Crippen LogP contribution is -2.40. The van der Waals surface area contributed by atoms with E-state index in [1.165, 1.54) is 16.4 Å². The molecule has 0 fully saturated rings. The predicted molar refractivity (Wildman–Crippen MR) is 111 cm³/mol. The van der Waals surface area contributed by atoms with Gasteiger partial charge in [-0.2, -0.15) is 0 Å². The molecule has 1 aromatic rings. The molecule has 23 heavy (non-hydrogen) atoms. The smallest absolute Gasteiger partial charge is 0.0675 e. The first-order valence-corrected chi connectivity index (χ1v) is 11.1. The van der Waals surface area contributed by atoms with Crippen LogP contribution in [0.15, 0.2) is 18.2 Å². The molecule has 0 unspecified atom stereocenters. The molecule has 1 aromatic carbocycles. The van der Waals surface area contributed by atoms with Crippen LogP contribution >= 0.6 is 18.9 Å². The van der Waals surface area contributed by atoms with Crippen LogP contribution in [0.4, 0.5) is 0 Å². The zero-order valence-electron chi connectivity index (χ0n) is 16.8. The van der Waals surface area contributed by atoms with E-state index in [0.717, 1.165) is 0 Å². The van der Waals surface area contributed by atoms with Gasteiger partial charge in [0.25, 0.3) is 0 Å². The lowest BCUT2D eigenvalue weighted by molar-refractivity contribution is 0.701. The summed E-state index contributed by atoms with van der Waals surface area (Å²) in [6.45, 7) is 23.2. The number of benzene rings is 1. The standard InChI is InChI=1S/C21H36ClP/c1-15(2)17-11-18(16(3)4)13-19(12-17)23(14-22,20(5,6)7)21(8,9)10/h11-16H,1-10H3. The van der Waals surface area contributed by atoms with Gasteiger partial charge >= 0.3 is 0 Å². The SMILES string of the molecule is CC(C)c1cc(C(C)C)cc([P+]([CH-]Cl)(C(C)(C)C)C(C)(C)C)c1. The van der Waals surface area contributed by atoms with Crippen LogP contribution < -0.4 is 5.30 Å². The van der Waals surface area contributed by atoms with Crippen molar-refractivity contribution in [3.8, 4) is 0 Å². The van der Waals surface area contributed by atoms with Gasteiger partial charge in [-0.3, -0.25) is 0 Å². The first-order chi connectivity index (χ1) is 10.3. The molecule has 0 aromatic heterocycles. The number of hydrogen-bond donors (Lipinski definition) is 0. The molecule has 0 amide bonds. The van der Waals surface area contributed by atoms with Crippen LogP contribution in [0.5, 0.6) is 0 Å². The van der Waals surface area contributed by atoms with Crippen molar-refractivity contribution in [2.75, 3.05) is 0 Å². The molecule has 0 aliphatic heterocycles. The van der Waals surface area contributed by atoms with E-state index in [4.69, 9.17) is 11.6 Å². The van der Waals surface area contributed by atoms with Gasteiger partial charge in [-0.25, -0.2) is 0 Å². The van der Waals surface area contributed by atoms with Crippen molar-refractivity contribution < 1.29 is 0 Å². The van der Waals surface area contributed by atoms with Crippen LogP contribution in [0.1, 0.15) is 92.2 Å². The Balaban J connectivity index is 3.79. The molecule has 0 heterocycles. The first kappa shape index (κ1) is 21.0. The van der Waals surface area contributed by atoms with Gasteiger partial charge in [0.1, 0.15) is 0 Å². The molecule has 0 aliphatic rings. The molecular weight excluding hydrogens is 319 g/mol. The molecule has 0 atom stereocenters. The molecule has 0 N–H and O–H groups in total. The third-order valence-electron chi connectivity index (χ3n) is 4.97. The highest BCUT2D eigenvalue weighted by Crippen LogP contribution is 2.78. The van der Waals surface area contributed by atoms with Crippen molar-refractivity contribution in [3.05, 3.63) is 34.9 Å². The van der Waals surface area contributed by atoms with Crippen molar-refractivity contribution >= 4 is 24.2 Å². The molecule has 0 aliphatic carbocycles. The minimum Gasteiger partial charge on any atom is -0.304 e. The third-order valence-corrected chi connectivity index (χ3v) is 11.4. The van der Waals surface area contributed by atoms with E-state index in [-0.39, 0.29) is 10.3 Å². The minimum atomic E-state index is -1.69. The maximum Gasteiger partial charge on any atom is 0.0675 e. The molecule has 132 valence electrons. The zero-order chi connectivity index (χ0) is 18.2. The lowest BCUT2D eigenvalue weighted by atomic mass is 9.96. The Bertz CT molecular complexity index is 490. The Morgan fingerprint density at radius 3 is 1.35 bits per heavy atom. The minimum absolute atomic E-state index is 0.136.